The van der Waals surface area contributed by atoms with E-state index >= 15 is 0 Å². The molecule has 0 aliphatic heterocycles. The minimum absolute atomic E-state index is 0.283. The highest BCUT2D eigenvalue weighted by Gasteiger charge is 2.05. The van der Waals surface area contributed by atoms with Gasteiger partial charge in [0.05, 0.1) is 6.61 Å². The maximum Gasteiger partial charge on any atom is 0.224 e. The van der Waals surface area contributed by atoms with Crippen molar-refractivity contribution >= 4 is 5.82 Å². The van der Waals surface area contributed by atoms with E-state index in [1.807, 2.05) is 24.3 Å². The number of hydrogen-bond acceptors (Lipinski definition) is 6. The Kier molecular flexibility index (Phi) is 4.86. The second-order valence-electron chi connectivity index (χ2n) is 4.16. The van der Waals surface area contributed by atoms with Crippen LogP contribution in [0.15, 0.2) is 30.3 Å². The second-order valence-corrected chi connectivity index (χ2v) is 4.16. The average Bonchev–Trinajstić information content (AvgIpc) is 2.39. The smallest absolute Gasteiger partial charge is 0.224 e. The molecule has 0 aliphatic carbocycles. The van der Waals surface area contributed by atoms with Crippen LogP contribution in [0, 0.1) is 0 Å². The molecule has 0 radical (unpaired) electrons. The van der Waals surface area contributed by atoms with Crippen LogP contribution >= 0.6 is 0 Å². The number of ether oxygens (including phenoxy) is 3. The first-order valence-corrected chi connectivity index (χ1v) is 6.09. The van der Waals surface area contributed by atoms with Crippen LogP contribution in [-0.4, -0.2) is 24.2 Å². The highest BCUT2D eigenvalue weighted by molar-refractivity contribution is 5.36. The molecule has 1 aromatic heterocycles. The van der Waals surface area contributed by atoms with Crippen LogP contribution < -0.4 is 10.5 Å². The van der Waals surface area contributed by atoms with Gasteiger partial charge in [-0.1, -0.05) is 12.1 Å². The van der Waals surface area contributed by atoms with Crippen LogP contribution in [0.4, 0.5) is 5.82 Å². The summed E-state index contributed by atoms with van der Waals surface area (Å²) < 4.78 is 15.8. The highest BCUT2D eigenvalue weighted by Crippen LogP contribution is 2.22. The lowest BCUT2D eigenvalue weighted by atomic mass is 10.2. The van der Waals surface area contributed by atoms with Crippen molar-refractivity contribution in [3.63, 3.8) is 0 Å². The van der Waals surface area contributed by atoms with Gasteiger partial charge in [-0.3, -0.25) is 0 Å². The topological polar surface area (TPSA) is 79.5 Å². The van der Waals surface area contributed by atoms with E-state index in [4.69, 9.17) is 19.9 Å². The summed E-state index contributed by atoms with van der Waals surface area (Å²) in [5.41, 5.74) is 6.73. The van der Waals surface area contributed by atoms with E-state index < -0.39 is 0 Å². The number of anilines is 1. The Bertz CT molecular complexity index is 575. The molecule has 0 atom stereocenters. The van der Waals surface area contributed by atoms with E-state index in [2.05, 4.69) is 9.97 Å². The van der Waals surface area contributed by atoms with Crippen molar-refractivity contribution in [2.24, 2.45) is 0 Å². The molecule has 0 saturated carbocycles. The van der Waals surface area contributed by atoms with Gasteiger partial charge in [0.15, 0.2) is 5.82 Å². The fraction of sp³-hybridized carbons (Fsp3) is 0.286. The van der Waals surface area contributed by atoms with Gasteiger partial charge in [-0.25, -0.2) is 4.98 Å². The summed E-state index contributed by atoms with van der Waals surface area (Å²) in [5, 5.41) is 0. The van der Waals surface area contributed by atoms with Crippen molar-refractivity contribution in [2.75, 3.05) is 20.0 Å². The van der Waals surface area contributed by atoms with Crippen LogP contribution in [0.5, 0.6) is 11.6 Å². The molecule has 2 aromatic rings. The maximum atomic E-state index is 5.71. The zero-order chi connectivity index (χ0) is 14.4. The quantitative estimate of drug-likeness (QED) is 0.870. The number of methoxy groups -OCH3 is 2. The zero-order valence-corrected chi connectivity index (χ0v) is 11.5. The van der Waals surface area contributed by atoms with Gasteiger partial charge < -0.3 is 19.9 Å². The number of hydrogen-bond donors (Lipinski definition) is 1. The van der Waals surface area contributed by atoms with E-state index in [1.54, 1.807) is 20.3 Å². The Morgan fingerprint density at radius 2 is 1.85 bits per heavy atom. The molecule has 106 valence electrons. The summed E-state index contributed by atoms with van der Waals surface area (Å²) >= 11 is 0. The van der Waals surface area contributed by atoms with Crippen LogP contribution in [0.2, 0.25) is 0 Å². The van der Waals surface area contributed by atoms with Gasteiger partial charge >= 0.3 is 0 Å². The van der Waals surface area contributed by atoms with Gasteiger partial charge in [-0.2, -0.15) is 4.98 Å². The fourth-order valence-corrected chi connectivity index (χ4v) is 1.72. The van der Waals surface area contributed by atoms with Crippen LogP contribution in [0.25, 0.3) is 0 Å². The zero-order valence-electron chi connectivity index (χ0n) is 11.5. The molecule has 6 heteroatoms. The first-order valence-electron chi connectivity index (χ1n) is 6.09. The van der Waals surface area contributed by atoms with Crippen molar-refractivity contribution < 1.29 is 14.2 Å². The van der Waals surface area contributed by atoms with Gasteiger partial charge in [-0.15, -0.1) is 0 Å². The summed E-state index contributed by atoms with van der Waals surface area (Å²) in [6.45, 7) is 0.809. The third-order valence-corrected chi connectivity index (χ3v) is 2.47. The first kappa shape index (κ1) is 14.2. The number of nitrogens with two attached hydrogens (primary N) is 1. The SMILES string of the molecule is COCc1cccc(Oc2cc(N)nc(COC)n2)c1. The van der Waals surface area contributed by atoms with Crippen molar-refractivity contribution in [3.8, 4) is 11.6 Å². The minimum atomic E-state index is 0.283. The molecule has 1 heterocycles. The molecule has 0 spiro atoms. The summed E-state index contributed by atoms with van der Waals surface area (Å²) in [7, 11) is 3.22. The molecule has 6 nitrogen and oxygen atoms in total. The van der Waals surface area contributed by atoms with Crippen LogP contribution in [0.3, 0.4) is 0 Å². The lowest BCUT2D eigenvalue weighted by Crippen LogP contribution is -2.02. The van der Waals surface area contributed by atoms with Gasteiger partial charge in [0.1, 0.15) is 18.2 Å². The molecular weight excluding hydrogens is 258 g/mol. The molecule has 0 saturated heterocycles. The van der Waals surface area contributed by atoms with Gasteiger partial charge in [-0.05, 0) is 17.7 Å². The molecule has 1 aromatic carbocycles. The monoisotopic (exact) mass is 275 g/mol. The van der Waals surface area contributed by atoms with Gasteiger partial charge in [0, 0.05) is 20.3 Å². The lowest BCUT2D eigenvalue weighted by molar-refractivity contribution is 0.177. The standard InChI is InChI=1S/C14H17N3O3/c1-18-8-10-4-3-5-11(6-10)20-14-7-12(15)16-13(17-14)9-19-2/h3-7H,8-9H2,1-2H3,(H2,15,16,17). The molecule has 0 aliphatic rings. The van der Waals surface area contributed by atoms with Crippen molar-refractivity contribution in [1.82, 2.24) is 9.97 Å². The van der Waals surface area contributed by atoms with Crippen molar-refractivity contribution in [1.29, 1.82) is 0 Å². The van der Waals surface area contributed by atoms with E-state index in [1.165, 1.54) is 0 Å². The third kappa shape index (κ3) is 3.91. The average molecular weight is 275 g/mol. The molecule has 0 unspecified atom stereocenters. The van der Waals surface area contributed by atoms with Crippen LogP contribution in [0.1, 0.15) is 11.4 Å². The molecule has 2 rings (SSSR count). The minimum Gasteiger partial charge on any atom is -0.439 e. The predicted octanol–water partition coefficient (Wildman–Crippen LogP) is 2.14. The van der Waals surface area contributed by atoms with E-state index in [-0.39, 0.29) is 6.61 Å². The van der Waals surface area contributed by atoms with Crippen molar-refractivity contribution in [2.45, 2.75) is 13.2 Å². The Labute approximate surface area is 117 Å². The fourth-order valence-electron chi connectivity index (χ4n) is 1.72. The van der Waals surface area contributed by atoms with Crippen LogP contribution in [-0.2, 0) is 22.7 Å². The summed E-state index contributed by atoms with van der Waals surface area (Å²) in [4.78, 5) is 8.28. The largest absolute Gasteiger partial charge is 0.439 e. The number of benzene rings is 1. The van der Waals surface area contributed by atoms with Gasteiger partial charge in [0.25, 0.3) is 0 Å². The van der Waals surface area contributed by atoms with E-state index in [9.17, 15) is 0 Å². The van der Waals surface area contributed by atoms with E-state index in [0.717, 1.165) is 5.56 Å². The number of nitrogens with zero attached hydrogens (tertiary/aromatic N) is 2. The van der Waals surface area contributed by atoms with E-state index in [0.29, 0.717) is 29.9 Å². The number of aromatic nitrogens is 2. The summed E-state index contributed by atoms with van der Waals surface area (Å²) in [5.74, 6) is 1.88. The predicted molar refractivity (Wildman–Crippen MR) is 74.4 cm³/mol. The molecule has 0 fully saturated rings. The molecule has 20 heavy (non-hydrogen) atoms. The Balaban J connectivity index is 2.18. The third-order valence-electron chi connectivity index (χ3n) is 2.47. The first-order chi connectivity index (χ1) is 9.71. The molecule has 2 N–H and O–H groups in total. The Hall–Kier alpha value is -2.18. The Morgan fingerprint density at radius 1 is 1.05 bits per heavy atom. The Morgan fingerprint density at radius 3 is 2.60 bits per heavy atom. The number of nitrogen functional groups attached to an aromatic ring is 1. The van der Waals surface area contributed by atoms with Gasteiger partial charge in [0.2, 0.25) is 5.88 Å². The summed E-state index contributed by atoms with van der Waals surface area (Å²) in [6, 6.07) is 9.15. The summed E-state index contributed by atoms with van der Waals surface area (Å²) in [6.07, 6.45) is 0. The number of rotatable bonds is 6. The lowest BCUT2D eigenvalue weighted by Gasteiger charge is -2.08. The highest BCUT2D eigenvalue weighted by atomic mass is 16.5. The normalized spacial score (nSPS) is 10.5. The maximum absolute atomic E-state index is 5.71. The molecule has 0 bridgehead atoms. The second kappa shape index (κ2) is 6.83. The molecule has 0 amide bonds. The van der Waals surface area contributed by atoms with Crippen molar-refractivity contribution in [3.05, 3.63) is 41.7 Å². The molecular formula is C14H17N3O3.